The molecule has 0 saturated heterocycles. The number of benzene rings is 1. The Kier molecular flexibility index (Phi) is 3.57. The molecule has 0 fully saturated rings. The quantitative estimate of drug-likeness (QED) is 0.840. The summed E-state index contributed by atoms with van der Waals surface area (Å²) in [6.07, 6.45) is 1.71. The Morgan fingerprint density at radius 1 is 1.18 bits per heavy atom. The van der Waals surface area contributed by atoms with Gasteiger partial charge in [-0.2, -0.15) is 0 Å². The van der Waals surface area contributed by atoms with E-state index in [0.717, 1.165) is 11.3 Å². The van der Waals surface area contributed by atoms with Crippen LogP contribution in [0.15, 0.2) is 42.6 Å². The van der Waals surface area contributed by atoms with Crippen LogP contribution in [0.2, 0.25) is 0 Å². The summed E-state index contributed by atoms with van der Waals surface area (Å²) in [6.45, 7) is 0.820. The van der Waals surface area contributed by atoms with Gasteiger partial charge in [0.2, 0.25) is 0 Å². The molecule has 1 heterocycles. The Morgan fingerprint density at radius 2 is 1.94 bits per heavy atom. The standard InChI is InChI=1S/C13H14N2O2/c14-8-13-10(2-1-7-15-13)9-17-12-5-3-11(16)4-6-12/h1-7,16H,8-9,14H2. The van der Waals surface area contributed by atoms with E-state index in [4.69, 9.17) is 15.6 Å². The molecule has 17 heavy (non-hydrogen) atoms. The number of ether oxygens (including phenoxy) is 1. The van der Waals surface area contributed by atoms with Crippen LogP contribution in [0.25, 0.3) is 0 Å². The number of pyridine rings is 1. The van der Waals surface area contributed by atoms with E-state index in [1.54, 1.807) is 30.5 Å². The van der Waals surface area contributed by atoms with Gasteiger partial charge in [0.25, 0.3) is 0 Å². The molecule has 0 aliphatic heterocycles. The van der Waals surface area contributed by atoms with E-state index in [0.29, 0.717) is 18.9 Å². The summed E-state index contributed by atoms with van der Waals surface area (Å²) >= 11 is 0. The third-order valence-corrected chi connectivity index (χ3v) is 2.41. The Morgan fingerprint density at radius 3 is 2.65 bits per heavy atom. The largest absolute Gasteiger partial charge is 0.508 e. The number of phenols is 1. The van der Waals surface area contributed by atoms with Crippen molar-refractivity contribution in [1.29, 1.82) is 0 Å². The van der Waals surface area contributed by atoms with Crippen molar-refractivity contribution in [3.05, 3.63) is 53.9 Å². The third kappa shape index (κ3) is 2.95. The molecule has 3 N–H and O–H groups in total. The van der Waals surface area contributed by atoms with Crippen molar-refractivity contribution in [2.45, 2.75) is 13.2 Å². The molecule has 0 spiro atoms. The molecule has 0 aliphatic rings. The second-order valence-corrected chi connectivity index (χ2v) is 3.60. The summed E-state index contributed by atoms with van der Waals surface area (Å²) in [5, 5.41) is 9.14. The molecule has 1 aromatic heterocycles. The number of nitrogens with zero attached hydrogens (tertiary/aromatic N) is 1. The minimum Gasteiger partial charge on any atom is -0.508 e. The molecule has 2 aromatic rings. The monoisotopic (exact) mass is 230 g/mol. The molecular formula is C13H14N2O2. The summed E-state index contributed by atoms with van der Waals surface area (Å²) in [6, 6.07) is 10.4. The predicted octanol–water partition coefficient (Wildman–Crippen LogP) is 1.82. The number of aromatic hydroxyl groups is 1. The first-order valence-corrected chi connectivity index (χ1v) is 5.34. The highest BCUT2D eigenvalue weighted by atomic mass is 16.5. The van der Waals surface area contributed by atoms with Crippen molar-refractivity contribution >= 4 is 0 Å². The molecule has 0 aliphatic carbocycles. The van der Waals surface area contributed by atoms with Crippen LogP contribution in [-0.2, 0) is 13.2 Å². The molecule has 0 unspecified atom stereocenters. The second kappa shape index (κ2) is 5.32. The molecule has 0 bridgehead atoms. The van der Waals surface area contributed by atoms with Crippen molar-refractivity contribution in [1.82, 2.24) is 4.98 Å². The van der Waals surface area contributed by atoms with Gasteiger partial charge in [0.1, 0.15) is 18.1 Å². The van der Waals surface area contributed by atoms with Crippen molar-refractivity contribution in [2.75, 3.05) is 0 Å². The fraction of sp³-hybridized carbons (Fsp3) is 0.154. The fourth-order valence-corrected chi connectivity index (χ4v) is 1.49. The number of aromatic nitrogens is 1. The van der Waals surface area contributed by atoms with Gasteiger partial charge in [-0.25, -0.2) is 0 Å². The van der Waals surface area contributed by atoms with Gasteiger partial charge in [0.05, 0.1) is 5.69 Å². The maximum Gasteiger partial charge on any atom is 0.120 e. The summed E-state index contributed by atoms with van der Waals surface area (Å²) in [5.41, 5.74) is 7.40. The van der Waals surface area contributed by atoms with Gasteiger partial charge in [-0.15, -0.1) is 0 Å². The van der Waals surface area contributed by atoms with Crippen molar-refractivity contribution in [3.63, 3.8) is 0 Å². The molecule has 0 amide bonds. The van der Waals surface area contributed by atoms with Gasteiger partial charge in [-0.1, -0.05) is 6.07 Å². The smallest absolute Gasteiger partial charge is 0.120 e. The molecule has 0 atom stereocenters. The predicted molar refractivity (Wildman–Crippen MR) is 64.6 cm³/mol. The highest BCUT2D eigenvalue weighted by molar-refractivity contribution is 5.30. The maximum atomic E-state index is 9.14. The van der Waals surface area contributed by atoms with E-state index in [1.165, 1.54) is 0 Å². The van der Waals surface area contributed by atoms with E-state index in [-0.39, 0.29) is 5.75 Å². The number of hydrogen-bond acceptors (Lipinski definition) is 4. The molecule has 2 rings (SSSR count). The summed E-state index contributed by atoms with van der Waals surface area (Å²) < 4.78 is 5.58. The van der Waals surface area contributed by atoms with Gasteiger partial charge in [-0.3, -0.25) is 4.98 Å². The molecule has 0 radical (unpaired) electrons. The number of nitrogens with two attached hydrogens (primary N) is 1. The molecule has 4 heteroatoms. The lowest BCUT2D eigenvalue weighted by atomic mass is 10.2. The number of phenolic OH excluding ortho intramolecular Hbond substituents is 1. The van der Waals surface area contributed by atoms with Crippen LogP contribution in [0.4, 0.5) is 0 Å². The SMILES string of the molecule is NCc1ncccc1COc1ccc(O)cc1. The van der Waals surface area contributed by atoms with E-state index in [9.17, 15) is 0 Å². The van der Waals surface area contributed by atoms with Gasteiger partial charge < -0.3 is 15.6 Å². The molecule has 88 valence electrons. The fourth-order valence-electron chi connectivity index (χ4n) is 1.49. The Hall–Kier alpha value is -2.07. The molecule has 1 aromatic carbocycles. The van der Waals surface area contributed by atoms with Crippen molar-refractivity contribution in [3.8, 4) is 11.5 Å². The van der Waals surface area contributed by atoms with Crippen LogP contribution in [0.1, 0.15) is 11.3 Å². The van der Waals surface area contributed by atoms with Gasteiger partial charge in [0, 0.05) is 18.3 Å². The van der Waals surface area contributed by atoms with Gasteiger partial charge >= 0.3 is 0 Å². The van der Waals surface area contributed by atoms with Crippen LogP contribution in [0.5, 0.6) is 11.5 Å². The summed E-state index contributed by atoms with van der Waals surface area (Å²) in [4.78, 5) is 4.18. The highest BCUT2D eigenvalue weighted by Crippen LogP contribution is 2.17. The average molecular weight is 230 g/mol. The molecular weight excluding hydrogens is 216 g/mol. The van der Waals surface area contributed by atoms with Crippen molar-refractivity contribution < 1.29 is 9.84 Å². The van der Waals surface area contributed by atoms with Crippen molar-refractivity contribution in [2.24, 2.45) is 5.73 Å². The average Bonchev–Trinajstić information content (AvgIpc) is 2.38. The molecule has 4 nitrogen and oxygen atoms in total. The van der Waals surface area contributed by atoms with E-state index < -0.39 is 0 Å². The van der Waals surface area contributed by atoms with Gasteiger partial charge in [0.15, 0.2) is 0 Å². The minimum atomic E-state index is 0.223. The third-order valence-electron chi connectivity index (χ3n) is 2.41. The maximum absolute atomic E-state index is 9.14. The lowest BCUT2D eigenvalue weighted by Gasteiger charge is -2.08. The summed E-state index contributed by atoms with van der Waals surface area (Å²) in [5.74, 6) is 0.927. The van der Waals surface area contributed by atoms with E-state index in [1.807, 2.05) is 12.1 Å². The van der Waals surface area contributed by atoms with Crippen LogP contribution < -0.4 is 10.5 Å². The first-order valence-electron chi connectivity index (χ1n) is 5.34. The zero-order chi connectivity index (χ0) is 12.1. The first-order chi connectivity index (χ1) is 8.29. The number of hydrogen-bond donors (Lipinski definition) is 2. The van der Waals surface area contributed by atoms with Crippen LogP contribution in [0, 0.1) is 0 Å². The second-order valence-electron chi connectivity index (χ2n) is 3.60. The lowest BCUT2D eigenvalue weighted by molar-refractivity contribution is 0.304. The Bertz CT molecular complexity index is 483. The first kappa shape index (κ1) is 11.4. The lowest BCUT2D eigenvalue weighted by Crippen LogP contribution is -2.06. The van der Waals surface area contributed by atoms with Crippen LogP contribution in [0.3, 0.4) is 0 Å². The zero-order valence-corrected chi connectivity index (χ0v) is 9.34. The Balaban J connectivity index is 2.04. The minimum absolute atomic E-state index is 0.223. The summed E-state index contributed by atoms with van der Waals surface area (Å²) in [7, 11) is 0. The zero-order valence-electron chi connectivity index (χ0n) is 9.34. The highest BCUT2D eigenvalue weighted by Gasteiger charge is 2.02. The van der Waals surface area contributed by atoms with Gasteiger partial charge in [-0.05, 0) is 30.3 Å². The normalized spacial score (nSPS) is 10.2. The van der Waals surface area contributed by atoms with Crippen LogP contribution >= 0.6 is 0 Å². The number of rotatable bonds is 4. The van der Waals surface area contributed by atoms with E-state index >= 15 is 0 Å². The topological polar surface area (TPSA) is 68.4 Å². The van der Waals surface area contributed by atoms with Crippen LogP contribution in [-0.4, -0.2) is 10.1 Å². The van der Waals surface area contributed by atoms with E-state index in [2.05, 4.69) is 4.98 Å². The molecule has 0 saturated carbocycles. The Labute approximate surface area is 99.7 Å².